The van der Waals surface area contributed by atoms with Crippen LogP contribution < -0.4 is 10.6 Å². The second-order valence-electron chi connectivity index (χ2n) is 5.53. The molecule has 0 radical (unpaired) electrons. The molecule has 0 aromatic carbocycles. The number of hydrogen-bond donors (Lipinski definition) is 2. The summed E-state index contributed by atoms with van der Waals surface area (Å²) in [6.45, 7) is 5.83. The van der Waals surface area contributed by atoms with E-state index in [1.807, 2.05) is 20.8 Å². The van der Waals surface area contributed by atoms with Gasteiger partial charge in [-0.15, -0.1) is 0 Å². The molecule has 2 N–H and O–H groups in total. The molecule has 18 heavy (non-hydrogen) atoms. The maximum absolute atomic E-state index is 11.6. The van der Waals surface area contributed by atoms with Gasteiger partial charge in [-0.3, -0.25) is 9.59 Å². The molecule has 1 rings (SSSR count). The predicted molar refractivity (Wildman–Crippen MR) is 76.3 cm³/mol. The van der Waals surface area contributed by atoms with E-state index in [2.05, 4.69) is 10.6 Å². The fourth-order valence-corrected chi connectivity index (χ4v) is 2.28. The summed E-state index contributed by atoms with van der Waals surface area (Å²) in [4.78, 5) is 23.1. The van der Waals surface area contributed by atoms with Gasteiger partial charge >= 0.3 is 0 Å². The van der Waals surface area contributed by atoms with Gasteiger partial charge in [0.15, 0.2) is 0 Å². The summed E-state index contributed by atoms with van der Waals surface area (Å²) in [6.07, 6.45) is 5.39. The Morgan fingerprint density at radius 3 is 2.06 bits per heavy atom. The Bertz CT molecular complexity index is 291. The van der Waals surface area contributed by atoms with E-state index < -0.39 is 0 Å². The third kappa shape index (κ3) is 5.07. The topological polar surface area (TPSA) is 58.2 Å². The SMILES string of the molecule is CCCC(=O)NC1CCC(NC(=O)C(C)C)CC1.[HH].[HH]. The normalized spacial score (nSPS) is 23.8. The van der Waals surface area contributed by atoms with Crippen LogP contribution in [0.1, 0.15) is 62.1 Å². The van der Waals surface area contributed by atoms with Crippen LogP contribution in [0.2, 0.25) is 0 Å². The highest BCUT2D eigenvalue weighted by Crippen LogP contribution is 2.19. The Morgan fingerprint density at radius 2 is 1.61 bits per heavy atom. The van der Waals surface area contributed by atoms with Crippen molar-refractivity contribution >= 4 is 11.8 Å². The van der Waals surface area contributed by atoms with Gasteiger partial charge in [0.1, 0.15) is 0 Å². The molecule has 0 bridgehead atoms. The first-order valence-electron chi connectivity index (χ1n) is 7.12. The van der Waals surface area contributed by atoms with Gasteiger partial charge < -0.3 is 10.6 Å². The van der Waals surface area contributed by atoms with Gasteiger partial charge in [-0.25, -0.2) is 0 Å². The van der Waals surface area contributed by atoms with E-state index in [1.165, 1.54) is 0 Å². The Kier molecular flexibility index (Phi) is 6.16. The molecular weight excluding hydrogens is 228 g/mol. The average Bonchev–Trinajstić information content (AvgIpc) is 2.31. The monoisotopic (exact) mass is 258 g/mol. The van der Waals surface area contributed by atoms with Crippen molar-refractivity contribution < 1.29 is 12.4 Å². The summed E-state index contributed by atoms with van der Waals surface area (Å²) in [5.74, 6) is 0.340. The van der Waals surface area contributed by atoms with Crippen molar-refractivity contribution in [1.82, 2.24) is 10.6 Å². The van der Waals surface area contributed by atoms with Crippen LogP contribution in [0.4, 0.5) is 0 Å². The van der Waals surface area contributed by atoms with Gasteiger partial charge in [0.2, 0.25) is 11.8 Å². The highest BCUT2D eigenvalue weighted by Gasteiger charge is 2.23. The number of amides is 2. The van der Waals surface area contributed by atoms with Gasteiger partial charge in [-0.1, -0.05) is 20.8 Å². The minimum absolute atomic E-state index is 0. The third-order valence-corrected chi connectivity index (χ3v) is 3.44. The average molecular weight is 258 g/mol. The fraction of sp³-hybridized carbons (Fsp3) is 0.857. The molecule has 1 aliphatic rings. The molecule has 0 aromatic rings. The lowest BCUT2D eigenvalue weighted by molar-refractivity contribution is -0.125. The number of rotatable bonds is 5. The number of hydrogen-bond acceptors (Lipinski definition) is 2. The molecule has 0 unspecified atom stereocenters. The standard InChI is InChI=1S/C14H26N2O2.2H2/c1-4-5-13(17)15-11-6-8-12(9-7-11)16-14(18)10(2)3;;/h10-12H,4-9H2,1-3H3,(H,15,17)(H,16,18);2*1H. The van der Waals surface area contributed by atoms with Gasteiger partial charge in [0, 0.05) is 27.3 Å². The van der Waals surface area contributed by atoms with Crippen molar-refractivity contribution in [3.8, 4) is 0 Å². The quantitative estimate of drug-likeness (QED) is 0.796. The maximum Gasteiger partial charge on any atom is 0.222 e. The van der Waals surface area contributed by atoms with Crippen LogP contribution in [0.25, 0.3) is 0 Å². The summed E-state index contributed by atoms with van der Waals surface area (Å²) in [5.41, 5.74) is 0. The Morgan fingerprint density at radius 1 is 1.11 bits per heavy atom. The summed E-state index contributed by atoms with van der Waals surface area (Å²) in [5, 5.41) is 6.13. The van der Waals surface area contributed by atoms with E-state index >= 15 is 0 Å². The van der Waals surface area contributed by atoms with Crippen LogP contribution in [0, 0.1) is 5.92 Å². The van der Waals surface area contributed by atoms with Crippen LogP contribution in [-0.4, -0.2) is 23.9 Å². The highest BCUT2D eigenvalue weighted by atomic mass is 16.2. The first-order valence-corrected chi connectivity index (χ1v) is 7.12. The maximum atomic E-state index is 11.6. The molecule has 2 amide bonds. The minimum atomic E-state index is 0. The Labute approximate surface area is 113 Å². The molecule has 0 atom stereocenters. The molecule has 1 aliphatic carbocycles. The molecule has 0 aromatic heterocycles. The van der Waals surface area contributed by atoms with Crippen molar-refractivity contribution in [2.45, 2.75) is 71.4 Å². The largest absolute Gasteiger partial charge is 0.353 e. The molecule has 108 valence electrons. The molecule has 1 fully saturated rings. The van der Waals surface area contributed by atoms with Crippen molar-refractivity contribution in [3.05, 3.63) is 0 Å². The molecule has 0 aliphatic heterocycles. The summed E-state index contributed by atoms with van der Waals surface area (Å²) in [6, 6.07) is 0.593. The summed E-state index contributed by atoms with van der Waals surface area (Å²) >= 11 is 0. The van der Waals surface area contributed by atoms with Crippen molar-refractivity contribution in [1.29, 1.82) is 0 Å². The van der Waals surface area contributed by atoms with Gasteiger partial charge in [0.05, 0.1) is 0 Å². The van der Waals surface area contributed by atoms with Crippen LogP contribution in [-0.2, 0) is 9.59 Å². The molecule has 1 saturated carbocycles. The van der Waals surface area contributed by atoms with Gasteiger partial charge in [0.25, 0.3) is 0 Å². The van der Waals surface area contributed by atoms with Gasteiger partial charge in [-0.05, 0) is 32.1 Å². The minimum Gasteiger partial charge on any atom is -0.353 e. The van der Waals surface area contributed by atoms with Crippen molar-refractivity contribution in [3.63, 3.8) is 0 Å². The van der Waals surface area contributed by atoms with Crippen LogP contribution in [0.5, 0.6) is 0 Å². The number of nitrogens with one attached hydrogen (secondary N) is 2. The van der Waals surface area contributed by atoms with Crippen LogP contribution in [0.15, 0.2) is 0 Å². The first-order chi connectivity index (χ1) is 8.52. The lowest BCUT2D eigenvalue weighted by Crippen LogP contribution is -2.44. The van der Waals surface area contributed by atoms with Crippen LogP contribution in [0.3, 0.4) is 0 Å². The number of carbonyl (C=O) groups is 2. The molecule has 0 spiro atoms. The smallest absolute Gasteiger partial charge is 0.222 e. The Balaban J connectivity index is 0. The zero-order valence-electron chi connectivity index (χ0n) is 11.8. The second kappa shape index (κ2) is 7.39. The lowest BCUT2D eigenvalue weighted by Gasteiger charge is -2.30. The molecule has 0 heterocycles. The zero-order valence-corrected chi connectivity index (χ0v) is 11.8. The van der Waals surface area contributed by atoms with E-state index in [0.717, 1.165) is 32.1 Å². The van der Waals surface area contributed by atoms with E-state index in [0.29, 0.717) is 18.5 Å². The van der Waals surface area contributed by atoms with Crippen molar-refractivity contribution in [2.75, 3.05) is 0 Å². The van der Waals surface area contributed by atoms with E-state index in [9.17, 15) is 9.59 Å². The molecule has 4 heteroatoms. The van der Waals surface area contributed by atoms with E-state index in [-0.39, 0.29) is 20.6 Å². The molecular formula is C14H30N2O2. The predicted octanol–water partition coefficient (Wildman–Crippen LogP) is 2.48. The second-order valence-corrected chi connectivity index (χ2v) is 5.53. The fourth-order valence-electron chi connectivity index (χ4n) is 2.28. The van der Waals surface area contributed by atoms with Crippen LogP contribution >= 0.6 is 0 Å². The third-order valence-electron chi connectivity index (χ3n) is 3.44. The van der Waals surface area contributed by atoms with E-state index in [4.69, 9.17) is 0 Å². The van der Waals surface area contributed by atoms with Crippen molar-refractivity contribution in [2.24, 2.45) is 5.92 Å². The van der Waals surface area contributed by atoms with Gasteiger partial charge in [-0.2, -0.15) is 0 Å². The summed E-state index contributed by atoms with van der Waals surface area (Å²) in [7, 11) is 0. The first kappa shape index (κ1) is 15.0. The molecule has 4 nitrogen and oxygen atoms in total. The zero-order chi connectivity index (χ0) is 13.5. The lowest BCUT2D eigenvalue weighted by atomic mass is 9.90. The highest BCUT2D eigenvalue weighted by molar-refractivity contribution is 5.78. The summed E-state index contributed by atoms with van der Waals surface area (Å²) < 4.78 is 0. The Hall–Kier alpha value is -1.06. The number of carbonyl (C=O) groups excluding carboxylic acids is 2. The van der Waals surface area contributed by atoms with E-state index in [1.54, 1.807) is 0 Å². The molecule has 0 saturated heterocycles.